The summed E-state index contributed by atoms with van der Waals surface area (Å²) in [5.74, 6) is -0.830. The second-order valence-corrected chi connectivity index (χ2v) is 27.3. The van der Waals surface area contributed by atoms with Crippen molar-refractivity contribution in [2.45, 2.75) is 328 Å². The minimum absolute atomic E-state index is 0.0346. The van der Waals surface area contributed by atoms with E-state index in [-0.39, 0.29) is 32.0 Å². The molecule has 0 saturated carbocycles. The molecule has 90 heavy (non-hydrogen) atoms. The topological polar surface area (TPSA) is 111 Å². The summed E-state index contributed by atoms with van der Waals surface area (Å²) in [5.41, 5.74) is 0. The van der Waals surface area contributed by atoms with Gasteiger partial charge in [0.05, 0.1) is 27.7 Å². The fraction of sp³-hybridized carbons (Fsp3) is 0.725. The third kappa shape index (κ3) is 73.5. The monoisotopic (exact) mass is 1270 g/mol. The van der Waals surface area contributed by atoms with Crippen LogP contribution in [0.1, 0.15) is 322 Å². The average Bonchev–Trinajstić information content (AvgIpc) is 3.62. The van der Waals surface area contributed by atoms with Gasteiger partial charge in [0, 0.05) is 12.8 Å². The first-order chi connectivity index (χ1) is 44.0. The molecule has 0 radical (unpaired) electrons. The van der Waals surface area contributed by atoms with Crippen LogP contribution in [-0.4, -0.2) is 70.0 Å². The summed E-state index contributed by atoms with van der Waals surface area (Å²) in [5, 5.41) is 0. The zero-order valence-corrected chi connectivity index (χ0v) is 59.9. The maximum atomic E-state index is 12.9. The molecule has 0 spiro atoms. The van der Waals surface area contributed by atoms with E-state index in [1.807, 2.05) is 21.1 Å². The number of quaternary nitrogens is 1. The molecule has 0 bridgehead atoms. The van der Waals surface area contributed by atoms with Crippen molar-refractivity contribution in [1.82, 2.24) is 0 Å². The highest BCUT2D eigenvalue weighted by Gasteiger charge is 2.22. The summed E-state index contributed by atoms with van der Waals surface area (Å²) in [4.78, 5) is 38.1. The predicted octanol–water partition coefficient (Wildman–Crippen LogP) is 24.0. The number of likely N-dealkylation sites (N-methyl/N-ethyl adjacent to an activating group) is 1. The van der Waals surface area contributed by atoms with Crippen LogP contribution < -0.4 is 4.89 Å². The molecule has 10 heteroatoms. The zero-order chi connectivity index (χ0) is 65.5. The first kappa shape index (κ1) is 86.4. The Morgan fingerprint density at radius 2 is 0.633 bits per heavy atom. The van der Waals surface area contributed by atoms with Gasteiger partial charge in [0.25, 0.3) is 7.82 Å². The highest BCUT2D eigenvalue weighted by atomic mass is 31.2. The lowest BCUT2D eigenvalue weighted by molar-refractivity contribution is -0.870. The first-order valence-corrected chi connectivity index (χ1v) is 38.7. The number of ether oxygens (including phenoxy) is 2. The Kier molecular flexibility index (Phi) is 67.0. The Hall–Kier alpha value is -3.59. The number of rotatable bonds is 68. The number of phosphoric ester groups is 1. The third-order valence-corrected chi connectivity index (χ3v) is 17.0. The Balaban J connectivity index is 4.05. The van der Waals surface area contributed by atoms with Crippen LogP contribution in [0.3, 0.4) is 0 Å². The molecule has 2 unspecified atom stereocenters. The van der Waals surface area contributed by atoms with Crippen LogP contribution in [0.4, 0.5) is 0 Å². The standard InChI is InChI=1S/C80H140NO8P/c1-6-8-10-12-14-16-18-20-22-24-26-28-30-32-33-34-35-36-37-38-39-40-41-42-43-44-45-46-47-49-51-53-55-57-59-61-63-65-67-69-71-73-80(83)89-78(77-88-90(84,85)87-75-74-81(3,4)5)76-86-79(82)72-70-68-66-64-62-60-58-56-54-52-50-48-31-29-27-25-23-21-19-17-15-13-11-9-7-2/h8,10,14,16,20,22,26,28,32-33,35-36,38-39,41-42,44-45,47,49,78H,6-7,9,11-13,15,17-19,21,23-25,27,29-31,34,37,40,43,46,48,50-77H2,1-5H3/b10-8-,16-14-,22-20-,28-26-,33-32-,36-35-,39-38-,42-41-,45-44-,49-47-. The van der Waals surface area contributed by atoms with E-state index in [0.717, 1.165) is 109 Å². The summed E-state index contributed by atoms with van der Waals surface area (Å²) in [6, 6.07) is 0. The van der Waals surface area contributed by atoms with Gasteiger partial charge in [-0.3, -0.25) is 14.2 Å². The fourth-order valence-corrected chi connectivity index (χ4v) is 11.1. The van der Waals surface area contributed by atoms with E-state index in [0.29, 0.717) is 17.4 Å². The van der Waals surface area contributed by atoms with Gasteiger partial charge in [-0.2, -0.15) is 0 Å². The van der Waals surface area contributed by atoms with E-state index in [1.165, 1.54) is 180 Å². The van der Waals surface area contributed by atoms with Gasteiger partial charge < -0.3 is 27.9 Å². The van der Waals surface area contributed by atoms with Gasteiger partial charge in [0.15, 0.2) is 6.10 Å². The molecule has 0 aliphatic heterocycles. The number of esters is 2. The highest BCUT2D eigenvalue weighted by Crippen LogP contribution is 2.38. The molecule has 518 valence electrons. The number of hydrogen-bond donors (Lipinski definition) is 0. The van der Waals surface area contributed by atoms with Crippen molar-refractivity contribution >= 4 is 19.8 Å². The van der Waals surface area contributed by atoms with Gasteiger partial charge >= 0.3 is 11.9 Å². The highest BCUT2D eigenvalue weighted by molar-refractivity contribution is 7.45. The van der Waals surface area contributed by atoms with Crippen LogP contribution in [0, 0.1) is 0 Å². The fourth-order valence-electron chi connectivity index (χ4n) is 10.3. The largest absolute Gasteiger partial charge is 0.756 e. The lowest BCUT2D eigenvalue weighted by atomic mass is 10.0. The predicted molar refractivity (Wildman–Crippen MR) is 388 cm³/mol. The number of hydrogen-bond acceptors (Lipinski definition) is 8. The molecule has 0 amide bonds. The number of phosphoric acid groups is 1. The average molecular weight is 1270 g/mol. The van der Waals surface area contributed by atoms with Gasteiger partial charge in [-0.1, -0.05) is 341 Å². The van der Waals surface area contributed by atoms with Gasteiger partial charge in [-0.15, -0.1) is 0 Å². The maximum absolute atomic E-state index is 12.9. The quantitative estimate of drug-likeness (QED) is 0.0195. The summed E-state index contributed by atoms with van der Waals surface area (Å²) in [6.07, 6.45) is 100. The minimum atomic E-state index is -4.65. The van der Waals surface area contributed by atoms with Crippen LogP contribution in [0.5, 0.6) is 0 Å². The molecule has 0 aromatic rings. The van der Waals surface area contributed by atoms with E-state index in [9.17, 15) is 19.0 Å². The smallest absolute Gasteiger partial charge is 0.306 e. The third-order valence-electron chi connectivity index (χ3n) is 16.0. The summed E-state index contributed by atoms with van der Waals surface area (Å²) >= 11 is 0. The van der Waals surface area contributed by atoms with Crippen molar-refractivity contribution in [2.75, 3.05) is 47.5 Å². The van der Waals surface area contributed by atoms with Crippen LogP contribution in [0.25, 0.3) is 0 Å². The molecule has 0 fully saturated rings. The second kappa shape index (κ2) is 69.7. The molecule has 0 rings (SSSR count). The molecule has 2 atom stereocenters. The number of unbranched alkanes of at least 4 members (excludes halogenated alkanes) is 34. The molecule has 0 aromatic carbocycles. The normalized spacial score (nSPS) is 13.8. The van der Waals surface area contributed by atoms with Crippen molar-refractivity contribution in [3.8, 4) is 0 Å². The van der Waals surface area contributed by atoms with E-state index in [2.05, 4.69) is 135 Å². The van der Waals surface area contributed by atoms with Crippen molar-refractivity contribution in [3.63, 3.8) is 0 Å². The number of nitrogens with zero attached hydrogens (tertiary/aromatic N) is 1. The van der Waals surface area contributed by atoms with Crippen molar-refractivity contribution in [1.29, 1.82) is 0 Å². The molecule has 0 saturated heterocycles. The Labute approximate surface area is 556 Å². The van der Waals surface area contributed by atoms with Crippen LogP contribution in [-0.2, 0) is 32.7 Å². The second-order valence-electron chi connectivity index (χ2n) is 25.9. The van der Waals surface area contributed by atoms with Crippen LogP contribution >= 0.6 is 7.82 Å². The minimum Gasteiger partial charge on any atom is -0.756 e. The molecular formula is C80H140NO8P. The molecule has 0 aliphatic rings. The summed E-state index contributed by atoms with van der Waals surface area (Å²) in [6.45, 7) is 4.16. The van der Waals surface area contributed by atoms with Gasteiger partial charge in [-0.05, 0) is 89.9 Å². The van der Waals surface area contributed by atoms with E-state index >= 15 is 0 Å². The van der Waals surface area contributed by atoms with Gasteiger partial charge in [0.2, 0.25) is 0 Å². The van der Waals surface area contributed by atoms with Crippen molar-refractivity contribution in [3.05, 3.63) is 122 Å². The lowest BCUT2D eigenvalue weighted by Gasteiger charge is -2.28. The van der Waals surface area contributed by atoms with E-state index in [1.54, 1.807) is 0 Å². The summed E-state index contributed by atoms with van der Waals surface area (Å²) in [7, 11) is 1.16. The first-order valence-electron chi connectivity index (χ1n) is 37.2. The van der Waals surface area contributed by atoms with E-state index in [4.69, 9.17) is 18.5 Å². The molecule has 9 nitrogen and oxygen atoms in total. The Morgan fingerprint density at radius 1 is 0.356 bits per heavy atom. The molecule has 0 N–H and O–H groups in total. The van der Waals surface area contributed by atoms with Gasteiger partial charge in [0.1, 0.15) is 19.8 Å². The lowest BCUT2D eigenvalue weighted by Crippen LogP contribution is -2.37. The van der Waals surface area contributed by atoms with Gasteiger partial charge in [-0.25, -0.2) is 0 Å². The molecule has 0 heterocycles. The molecular weight excluding hydrogens is 1130 g/mol. The van der Waals surface area contributed by atoms with Crippen molar-refractivity contribution < 1.29 is 42.1 Å². The van der Waals surface area contributed by atoms with E-state index < -0.39 is 26.5 Å². The van der Waals surface area contributed by atoms with Crippen LogP contribution in [0.2, 0.25) is 0 Å². The maximum Gasteiger partial charge on any atom is 0.306 e. The number of carbonyl (C=O) groups is 2. The van der Waals surface area contributed by atoms with Crippen molar-refractivity contribution in [2.24, 2.45) is 0 Å². The summed E-state index contributed by atoms with van der Waals surface area (Å²) < 4.78 is 34.3. The Bertz CT molecular complexity index is 1940. The number of allylic oxidation sites excluding steroid dienone is 20. The van der Waals surface area contributed by atoms with Crippen LogP contribution in [0.15, 0.2) is 122 Å². The SMILES string of the molecule is CC/C=C\C/C=C\C/C=C\C/C=C\C/C=C\C/C=C\C/C=C\C/C=C\C/C=C\C/C=C\CCCCCCCCCCCCC(=O)OC(COC(=O)CCCCCCCCCCCCCCCCCCCCCCCCCCC)COP(=O)([O-])OCC[N+](C)(C)C. The molecule has 0 aliphatic carbocycles. The molecule has 0 aromatic heterocycles. The zero-order valence-electron chi connectivity index (χ0n) is 59.1. The Morgan fingerprint density at radius 3 is 0.944 bits per heavy atom. The number of carbonyl (C=O) groups excluding carboxylic acids is 2.